The molecule has 160 valence electrons. The summed E-state index contributed by atoms with van der Waals surface area (Å²) in [6, 6.07) is 0. The molecule has 1 fully saturated rings. The third-order valence-corrected chi connectivity index (χ3v) is 4.98. The minimum absolute atomic E-state index is 0.195. The summed E-state index contributed by atoms with van der Waals surface area (Å²) in [5.41, 5.74) is 5.16. The zero-order chi connectivity index (χ0) is 20.7. The number of nitrogens with zero attached hydrogens (tertiary/aromatic N) is 3. The van der Waals surface area contributed by atoms with E-state index in [1.165, 1.54) is 15.3 Å². The van der Waals surface area contributed by atoms with Gasteiger partial charge in [0.1, 0.15) is 12.3 Å². The van der Waals surface area contributed by atoms with Crippen molar-refractivity contribution in [3.05, 3.63) is 32.6 Å². The number of likely N-dealkylation sites (N-methyl/N-ethyl adjacent to an activating group) is 1. The van der Waals surface area contributed by atoms with Gasteiger partial charge >= 0.3 is 5.69 Å². The number of aliphatic hydroxyl groups is 2. The highest BCUT2D eigenvalue weighted by molar-refractivity contribution is 5.04. The summed E-state index contributed by atoms with van der Waals surface area (Å²) in [6.07, 6.45) is 0.0293. The number of hydrogen-bond acceptors (Lipinski definition) is 8. The summed E-state index contributed by atoms with van der Waals surface area (Å²) in [4.78, 5) is 27.3. The minimum Gasteiger partial charge on any atom is -0.394 e. The van der Waals surface area contributed by atoms with E-state index in [2.05, 4.69) is 10.2 Å². The maximum Gasteiger partial charge on any atom is 0.333 e. The van der Waals surface area contributed by atoms with Gasteiger partial charge < -0.3 is 30.9 Å². The quantitative estimate of drug-likeness (QED) is 0.309. The Morgan fingerprint density at radius 2 is 2.11 bits per heavy atom. The summed E-state index contributed by atoms with van der Waals surface area (Å²) in [5.74, 6) is 0. The van der Waals surface area contributed by atoms with Gasteiger partial charge in [0, 0.05) is 50.9 Å². The fraction of sp³-hybridized carbons (Fsp3) is 0.778. The molecule has 10 nitrogen and oxygen atoms in total. The lowest BCUT2D eigenvalue weighted by Gasteiger charge is -2.18. The average molecular weight is 399 g/mol. The van der Waals surface area contributed by atoms with E-state index in [1.54, 1.807) is 6.92 Å². The average Bonchev–Trinajstić information content (AvgIpc) is 3.04. The lowest BCUT2D eigenvalue weighted by Crippen LogP contribution is -2.42. The molecule has 0 aromatic carbocycles. The topological polar surface area (TPSA) is 135 Å². The Kier molecular flexibility index (Phi) is 8.80. The van der Waals surface area contributed by atoms with E-state index in [1.807, 2.05) is 7.05 Å². The smallest absolute Gasteiger partial charge is 0.333 e. The minimum atomic E-state index is -0.843. The zero-order valence-electron chi connectivity index (χ0n) is 16.7. The van der Waals surface area contributed by atoms with Gasteiger partial charge in [0.15, 0.2) is 0 Å². The normalized spacial score (nSPS) is 22.3. The molecule has 0 spiro atoms. The first-order chi connectivity index (χ1) is 13.4. The number of ether oxygens (including phenoxy) is 1. The molecule has 1 aliphatic rings. The highest BCUT2D eigenvalue weighted by Crippen LogP contribution is 2.27. The van der Waals surface area contributed by atoms with Crippen LogP contribution in [0.5, 0.6) is 0 Å². The van der Waals surface area contributed by atoms with Gasteiger partial charge in [0.2, 0.25) is 0 Å². The third-order valence-electron chi connectivity index (χ3n) is 4.98. The van der Waals surface area contributed by atoms with Crippen LogP contribution in [0.1, 0.15) is 24.6 Å². The van der Waals surface area contributed by atoms with E-state index in [0.717, 1.165) is 19.6 Å². The highest BCUT2D eigenvalue weighted by Gasteiger charge is 2.35. The van der Waals surface area contributed by atoms with Crippen LogP contribution in [0.25, 0.3) is 0 Å². The lowest BCUT2D eigenvalue weighted by molar-refractivity contribution is -0.0464. The van der Waals surface area contributed by atoms with Gasteiger partial charge in [-0.2, -0.15) is 0 Å². The third kappa shape index (κ3) is 5.72. The number of nitrogens with one attached hydrogen (secondary N) is 1. The standard InChI is InChI=1S/C18H33N5O5/c1-13-11-23(16-10-14(25)15(12-24)28-16)18(27)22(17(13)26)7-3-5-20-6-9-21(2)8-4-19/h11,14-16,20,24-25H,3-10,12,19H2,1-2H3/t14-,15+,16+/m0/s1. The van der Waals surface area contributed by atoms with Gasteiger partial charge in [-0.25, -0.2) is 4.79 Å². The number of nitrogens with two attached hydrogens (primary N) is 1. The summed E-state index contributed by atoms with van der Waals surface area (Å²) >= 11 is 0. The van der Waals surface area contributed by atoms with Crippen molar-refractivity contribution in [1.82, 2.24) is 19.4 Å². The van der Waals surface area contributed by atoms with E-state index in [4.69, 9.17) is 10.5 Å². The Morgan fingerprint density at radius 1 is 1.36 bits per heavy atom. The number of rotatable bonds is 11. The van der Waals surface area contributed by atoms with Crippen LogP contribution in [0.4, 0.5) is 0 Å². The van der Waals surface area contributed by atoms with Crippen LogP contribution in [0.15, 0.2) is 15.8 Å². The van der Waals surface area contributed by atoms with Crippen molar-refractivity contribution in [3.63, 3.8) is 0 Å². The molecule has 1 aromatic heterocycles. The Morgan fingerprint density at radius 3 is 2.75 bits per heavy atom. The van der Waals surface area contributed by atoms with Crippen molar-refractivity contribution in [2.75, 3.05) is 46.4 Å². The first-order valence-electron chi connectivity index (χ1n) is 9.75. The van der Waals surface area contributed by atoms with Crippen LogP contribution >= 0.6 is 0 Å². The summed E-state index contributed by atoms with van der Waals surface area (Å²) < 4.78 is 8.11. The fourth-order valence-electron chi connectivity index (χ4n) is 3.30. The number of aliphatic hydroxyl groups excluding tert-OH is 2. The number of hydrogen-bond donors (Lipinski definition) is 4. The van der Waals surface area contributed by atoms with Gasteiger partial charge in [-0.3, -0.25) is 13.9 Å². The maximum atomic E-state index is 12.8. The zero-order valence-corrected chi connectivity index (χ0v) is 16.7. The molecule has 10 heteroatoms. The van der Waals surface area contributed by atoms with Crippen LogP contribution < -0.4 is 22.3 Å². The number of aryl methyl sites for hydroxylation is 1. The molecular weight excluding hydrogens is 366 g/mol. The molecule has 0 saturated carbocycles. The highest BCUT2D eigenvalue weighted by atomic mass is 16.5. The number of aromatic nitrogens is 2. The molecule has 2 heterocycles. The second kappa shape index (κ2) is 10.8. The van der Waals surface area contributed by atoms with Gasteiger partial charge in [-0.15, -0.1) is 0 Å². The van der Waals surface area contributed by atoms with E-state index >= 15 is 0 Å². The lowest BCUT2D eigenvalue weighted by atomic mass is 10.2. The van der Waals surface area contributed by atoms with Gasteiger partial charge in [-0.05, 0) is 26.9 Å². The SMILES string of the molecule is Cc1cn([C@H]2C[C@H](O)[C@@H](CO)O2)c(=O)n(CCCNCCN(C)CCN)c1=O. The molecule has 1 aromatic rings. The molecule has 0 radical (unpaired) electrons. The van der Waals surface area contributed by atoms with Crippen LogP contribution in [-0.2, 0) is 11.3 Å². The second-order valence-electron chi connectivity index (χ2n) is 7.27. The molecule has 0 aliphatic carbocycles. The van der Waals surface area contributed by atoms with Crippen molar-refractivity contribution in [2.24, 2.45) is 5.73 Å². The van der Waals surface area contributed by atoms with E-state index in [-0.39, 0.29) is 18.6 Å². The van der Waals surface area contributed by atoms with E-state index in [9.17, 15) is 19.8 Å². The molecule has 0 amide bonds. The first kappa shape index (κ1) is 22.7. The summed E-state index contributed by atoms with van der Waals surface area (Å²) in [6.45, 7) is 5.45. The van der Waals surface area contributed by atoms with Crippen molar-refractivity contribution >= 4 is 0 Å². The van der Waals surface area contributed by atoms with E-state index in [0.29, 0.717) is 31.6 Å². The van der Waals surface area contributed by atoms with E-state index < -0.39 is 24.1 Å². The maximum absolute atomic E-state index is 12.8. The first-order valence-corrected chi connectivity index (χ1v) is 9.75. The van der Waals surface area contributed by atoms with Crippen LogP contribution in [0.2, 0.25) is 0 Å². The molecular formula is C18H33N5O5. The van der Waals surface area contributed by atoms with Gasteiger partial charge in [0.25, 0.3) is 5.56 Å². The van der Waals surface area contributed by atoms with Crippen LogP contribution in [0.3, 0.4) is 0 Å². The van der Waals surface area contributed by atoms with Gasteiger partial charge in [-0.1, -0.05) is 0 Å². The molecule has 3 atom stereocenters. The molecule has 1 aliphatic heterocycles. The molecule has 0 unspecified atom stereocenters. The Labute approximate surface area is 164 Å². The Balaban J connectivity index is 1.96. The van der Waals surface area contributed by atoms with Crippen molar-refractivity contribution < 1.29 is 14.9 Å². The Bertz CT molecular complexity index is 734. The molecule has 5 N–H and O–H groups in total. The Hall–Kier alpha value is -1.56. The van der Waals surface area contributed by atoms with Gasteiger partial charge in [0.05, 0.1) is 12.7 Å². The van der Waals surface area contributed by atoms with Crippen LogP contribution in [-0.4, -0.2) is 82.8 Å². The summed E-state index contributed by atoms with van der Waals surface area (Å²) in [7, 11) is 2.01. The fourth-order valence-corrected chi connectivity index (χ4v) is 3.30. The van der Waals surface area contributed by atoms with Crippen LogP contribution in [0, 0.1) is 6.92 Å². The largest absolute Gasteiger partial charge is 0.394 e. The molecule has 0 bridgehead atoms. The molecule has 28 heavy (non-hydrogen) atoms. The van der Waals surface area contributed by atoms with Crippen molar-refractivity contribution in [1.29, 1.82) is 0 Å². The predicted octanol–water partition coefficient (Wildman–Crippen LogP) is -2.17. The van der Waals surface area contributed by atoms with Crippen molar-refractivity contribution in [2.45, 2.75) is 44.7 Å². The summed E-state index contributed by atoms with van der Waals surface area (Å²) in [5, 5.41) is 22.4. The molecule has 2 rings (SSSR count). The van der Waals surface area contributed by atoms with Crippen molar-refractivity contribution in [3.8, 4) is 0 Å². The second-order valence-corrected chi connectivity index (χ2v) is 7.27. The predicted molar refractivity (Wildman–Crippen MR) is 105 cm³/mol. The monoisotopic (exact) mass is 399 g/mol. The molecule has 1 saturated heterocycles.